The zero-order valence-electron chi connectivity index (χ0n) is 12.7. The van der Waals surface area contributed by atoms with Crippen molar-refractivity contribution in [2.75, 3.05) is 11.5 Å². The number of aromatic nitrogens is 2. The minimum atomic E-state index is -0.683. The Bertz CT molecular complexity index is 697. The minimum absolute atomic E-state index is 0.0923. The van der Waals surface area contributed by atoms with Crippen LogP contribution in [0.5, 0.6) is 0 Å². The number of rotatable bonds is 4. The maximum atomic E-state index is 12.3. The van der Waals surface area contributed by atoms with Crippen LogP contribution in [0.1, 0.15) is 18.4 Å². The molecule has 0 saturated carbocycles. The van der Waals surface area contributed by atoms with Gasteiger partial charge >= 0.3 is 0 Å². The molecule has 2 heterocycles. The molecule has 0 atom stereocenters. The first-order valence-corrected chi connectivity index (χ1v) is 8.75. The number of benzene rings is 1. The first-order chi connectivity index (χ1) is 11.2. The van der Waals surface area contributed by atoms with E-state index in [1.165, 1.54) is 0 Å². The fraction of sp³-hybridized carbons (Fsp3) is 0.353. The Morgan fingerprint density at radius 3 is 2.70 bits per heavy atom. The second kappa shape index (κ2) is 6.88. The Kier molecular flexibility index (Phi) is 4.68. The van der Waals surface area contributed by atoms with Gasteiger partial charge in [0, 0.05) is 12.4 Å². The Hall–Kier alpha value is -2.26. The first-order valence-electron chi connectivity index (χ1n) is 7.60. The maximum Gasteiger partial charge on any atom is 0.225 e. The summed E-state index contributed by atoms with van der Waals surface area (Å²) < 4.78 is 1.77. The highest BCUT2D eigenvalue weighted by atomic mass is 32.2. The van der Waals surface area contributed by atoms with Crippen molar-refractivity contribution in [3.05, 3.63) is 48.3 Å². The van der Waals surface area contributed by atoms with Gasteiger partial charge in [-0.3, -0.25) is 4.79 Å². The lowest BCUT2D eigenvalue weighted by Crippen LogP contribution is -2.50. The zero-order chi connectivity index (χ0) is 16.1. The third kappa shape index (κ3) is 3.74. The Morgan fingerprint density at radius 2 is 2.09 bits per heavy atom. The van der Waals surface area contributed by atoms with E-state index in [1.54, 1.807) is 10.9 Å². The minimum Gasteiger partial charge on any atom is -0.337 e. The molecular formula is C17H18N4OS. The second-order valence-corrected chi connectivity index (χ2v) is 6.87. The SMILES string of the molecule is N#CC1(NC(=O)Cc2ccc(-n3cccn3)cc2)CCSCC1. The molecule has 1 aromatic heterocycles. The van der Waals surface area contributed by atoms with Crippen LogP contribution in [0.25, 0.3) is 5.69 Å². The highest BCUT2D eigenvalue weighted by Crippen LogP contribution is 2.26. The molecule has 0 spiro atoms. The van der Waals surface area contributed by atoms with E-state index in [0.717, 1.165) is 35.6 Å². The van der Waals surface area contributed by atoms with E-state index in [0.29, 0.717) is 0 Å². The topological polar surface area (TPSA) is 70.7 Å². The van der Waals surface area contributed by atoms with Gasteiger partial charge in [-0.1, -0.05) is 12.1 Å². The summed E-state index contributed by atoms with van der Waals surface area (Å²) in [5.41, 5.74) is 1.20. The monoisotopic (exact) mass is 326 g/mol. The van der Waals surface area contributed by atoms with Crippen molar-refractivity contribution in [1.29, 1.82) is 5.26 Å². The number of hydrogen-bond acceptors (Lipinski definition) is 4. The van der Waals surface area contributed by atoms with Gasteiger partial charge in [-0.05, 0) is 48.1 Å². The third-order valence-corrected chi connectivity index (χ3v) is 4.99. The summed E-state index contributed by atoms with van der Waals surface area (Å²) in [6.07, 6.45) is 5.33. The van der Waals surface area contributed by atoms with Crippen molar-refractivity contribution in [2.24, 2.45) is 0 Å². The average molecular weight is 326 g/mol. The Labute approximate surface area is 139 Å². The van der Waals surface area contributed by atoms with Crippen molar-refractivity contribution >= 4 is 17.7 Å². The van der Waals surface area contributed by atoms with Gasteiger partial charge in [-0.25, -0.2) is 4.68 Å². The molecule has 118 valence electrons. The summed E-state index contributed by atoms with van der Waals surface area (Å²) in [4.78, 5) is 12.3. The van der Waals surface area contributed by atoms with Gasteiger partial charge < -0.3 is 5.32 Å². The van der Waals surface area contributed by atoms with Gasteiger partial charge in [0.1, 0.15) is 5.54 Å². The quantitative estimate of drug-likeness (QED) is 0.936. The summed E-state index contributed by atoms with van der Waals surface area (Å²) >= 11 is 1.83. The molecule has 1 saturated heterocycles. The zero-order valence-corrected chi connectivity index (χ0v) is 13.6. The van der Waals surface area contributed by atoms with Crippen LogP contribution in [0, 0.1) is 11.3 Å². The van der Waals surface area contributed by atoms with Crippen LogP contribution in [0.4, 0.5) is 0 Å². The second-order valence-electron chi connectivity index (χ2n) is 5.65. The molecule has 3 rings (SSSR count). The van der Waals surface area contributed by atoms with E-state index in [2.05, 4.69) is 16.5 Å². The fourth-order valence-corrected chi connectivity index (χ4v) is 3.86. The van der Waals surface area contributed by atoms with Crippen molar-refractivity contribution in [1.82, 2.24) is 15.1 Å². The van der Waals surface area contributed by atoms with E-state index in [9.17, 15) is 10.1 Å². The molecule has 0 radical (unpaired) electrons. The van der Waals surface area contributed by atoms with Crippen molar-refractivity contribution in [3.8, 4) is 11.8 Å². The van der Waals surface area contributed by atoms with Crippen LogP contribution < -0.4 is 5.32 Å². The molecule has 1 aliphatic heterocycles. The summed E-state index contributed by atoms with van der Waals surface area (Å²) in [5, 5.41) is 16.5. The summed E-state index contributed by atoms with van der Waals surface area (Å²) in [5.74, 6) is 1.75. The lowest BCUT2D eigenvalue weighted by Gasteiger charge is -2.31. The number of nitrogens with zero attached hydrogens (tertiary/aromatic N) is 3. The van der Waals surface area contributed by atoms with Gasteiger partial charge in [-0.15, -0.1) is 0 Å². The van der Waals surface area contributed by atoms with Crippen molar-refractivity contribution < 1.29 is 4.79 Å². The molecule has 6 heteroatoms. The molecule has 0 bridgehead atoms. The summed E-state index contributed by atoms with van der Waals surface area (Å²) in [6.45, 7) is 0. The fourth-order valence-electron chi connectivity index (χ4n) is 2.67. The van der Waals surface area contributed by atoms with Crippen LogP contribution in [-0.2, 0) is 11.2 Å². The van der Waals surface area contributed by atoms with E-state index in [4.69, 9.17) is 0 Å². The highest BCUT2D eigenvalue weighted by molar-refractivity contribution is 7.99. The summed E-state index contributed by atoms with van der Waals surface area (Å²) in [6, 6.07) is 11.9. The largest absolute Gasteiger partial charge is 0.337 e. The normalized spacial score (nSPS) is 16.5. The number of nitriles is 1. The van der Waals surface area contributed by atoms with E-state index >= 15 is 0 Å². The Morgan fingerprint density at radius 1 is 1.35 bits per heavy atom. The Balaban J connectivity index is 1.62. The molecule has 23 heavy (non-hydrogen) atoms. The standard InChI is InChI=1S/C17H18N4OS/c18-13-17(6-10-23-11-7-17)20-16(22)12-14-2-4-15(5-3-14)21-9-1-8-19-21/h1-5,8-9H,6-7,10-12H2,(H,20,22). The van der Waals surface area contributed by atoms with Crippen LogP contribution in [0.2, 0.25) is 0 Å². The smallest absolute Gasteiger partial charge is 0.225 e. The molecule has 1 aliphatic rings. The molecule has 1 fully saturated rings. The average Bonchev–Trinajstić information content (AvgIpc) is 3.11. The summed E-state index contributed by atoms with van der Waals surface area (Å²) in [7, 11) is 0. The molecular weight excluding hydrogens is 308 g/mol. The number of nitrogens with one attached hydrogen (secondary N) is 1. The van der Waals surface area contributed by atoms with Crippen LogP contribution in [0.15, 0.2) is 42.7 Å². The number of thioether (sulfide) groups is 1. The molecule has 1 aromatic carbocycles. The molecule has 1 amide bonds. The number of carbonyl (C=O) groups is 1. The van der Waals surface area contributed by atoms with Crippen LogP contribution in [0.3, 0.4) is 0 Å². The predicted molar refractivity (Wildman–Crippen MR) is 90.3 cm³/mol. The van der Waals surface area contributed by atoms with Crippen molar-refractivity contribution in [3.63, 3.8) is 0 Å². The lowest BCUT2D eigenvalue weighted by atomic mass is 9.93. The molecule has 0 aliphatic carbocycles. The predicted octanol–water partition coefficient (Wildman–Crippen LogP) is 2.32. The van der Waals surface area contributed by atoms with Gasteiger partial charge in [0.25, 0.3) is 0 Å². The van der Waals surface area contributed by atoms with Gasteiger partial charge in [0.05, 0.1) is 18.2 Å². The number of amides is 1. The number of carbonyl (C=O) groups excluding carboxylic acids is 1. The van der Waals surface area contributed by atoms with Gasteiger partial charge in [-0.2, -0.15) is 22.1 Å². The third-order valence-electron chi connectivity index (χ3n) is 4.01. The molecule has 2 aromatic rings. The molecule has 5 nitrogen and oxygen atoms in total. The molecule has 0 unspecified atom stereocenters. The van der Waals surface area contributed by atoms with E-state index < -0.39 is 5.54 Å². The maximum absolute atomic E-state index is 12.3. The van der Waals surface area contributed by atoms with E-state index in [1.807, 2.05) is 48.3 Å². The number of hydrogen-bond donors (Lipinski definition) is 1. The van der Waals surface area contributed by atoms with Gasteiger partial charge in [0.15, 0.2) is 0 Å². The lowest BCUT2D eigenvalue weighted by molar-refractivity contribution is -0.121. The molecule has 1 N–H and O–H groups in total. The van der Waals surface area contributed by atoms with E-state index in [-0.39, 0.29) is 12.3 Å². The van der Waals surface area contributed by atoms with Gasteiger partial charge in [0.2, 0.25) is 5.91 Å². The van der Waals surface area contributed by atoms with Crippen molar-refractivity contribution in [2.45, 2.75) is 24.8 Å². The van der Waals surface area contributed by atoms with Crippen LogP contribution >= 0.6 is 11.8 Å². The van der Waals surface area contributed by atoms with Crippen LogP contribution in [-0.4, -0.2) is 32.7 Å². The first kappa shape index (κ1) is 15.6. The highest BCUT2D eigenvalue weighted by Gasteiger charge is 2.33.